The molecule has 9 nitrogen and oxygen atoms in total. The number of benzene rings is 1. The summed E-state index contributed by atoms with van der Waals surface area (Å²) in [6.07, 6.45) is -2.95. The molecule has 0 bridgehead atoms. The molecule has 0 aliphatic heterocycles. The highest BCUT2D eigenvalue weighted by Gasteiger charge is 2.35. The summed E-state index contributed by atoms with van der Waals surface area (Å²) in [5.41, 5.74) is -3.85. The largest absolute Gasteiger partial charge is 0.453 e. The fraction of sp³-hybridized carbons (Fsp3) is 0.294. The Balaban J connectivity index is 2.13. The lowest BCUT2D eigenvalue weighted by Crippen LogP contribution is -2.43. The number of anilines is 2. The summed E-state index contributed by atoms with van der Waals surface area (Å²) in [5, 5.41) is 27.6. The molecular formula is C17H16F3N5O4. The second-order valence-electron chi connectivity index (χ2n) is 6.14. The summed E-state index contributed by atoms with van der Waals surface area (Å²) in [5.74, 6) is -0.992. The second-order valence-corrected chi connectivity index (χ2v) is 6.14. The second kappa shape index (κ2) is 8.19. The van der Waals surface area contributed by atoms with E-state index in [1.807, 2.05) is 0 Å². The van der Waals surface area contributed by atoms with Gasteiger partial charge < -0.3 is 15.2 Å². The van der Waals surface area contributed by atoms with E-state index < -0.39 is 34.9 Å². The highest BCUT2D eigenvalue weighted by Crippen LogP contribution is 2.33. The first-order valence-electron chi connectivity index (χ1n) is 7.99. The van der Waals surface area contributed by atoms with E-state index in [4.69, 9.17) is 5.26 Å². The lowest BCUT2D eigenvalue weighted by atomic mass is 10.0. The zero-order chi connectivity index (χ0) is 21.8. The molecule has 1 heterocycles. The number of carbonyl (C=O) groups is 2. The van der Waals surface area contributed by atoms with Gasteiger partial charge in [0.2, 0.25) is 0 Å². The normalized spacial score (nSPS) is 13.1. The topological polar surface area (TPSA) is 129 Å². The highest BCUT2D eigenvalue weighted by molar-refractivity contribution is 5.97. The third-order valence-corrected chi connectivity index (χ3v) is 3.73. The smallest absolute Gasteiger partial charge is 0.417 e. The lowest BCUT2D eigenvalue weighted by Gasteiger charge is -2.22. The molecule has 0 spiro atoms. The average Bonchev–Trinajstić information content (AvgIpc) is 3.06. The van der Waals surface area contributed by atoms with E-state index in [2.05, 4.69) is 20.5 Å². The quantitative estimate of drug-likeness (QED) is 0.693. The molecule has 0 saturated carbocycles. The van der Waals surface area contributed by atoms with E-state index in [-0.39, 0.29) is 17.9 Å². The number of nitrogens with zero attached hydrogens (tertiary/aromatic N) is 3. The number of hydrogen-bond acceptors (Lipinski definition) is 6. The molecule has 0 aliphatic carbocycles. The van der Waals surface area contributed by atoms with Crippen LogP contribution in [0.2, 0.25) is 0 Å². The molecule has 1 aromatic heterocycles. The van der Waals surface area contributed by atoms with Gasteiger partial charge >= 0.3 is 12.3 Å². The third kappa shape index (κ3) is 5.45. The lowest BCUT2D eigenvalue weighted by molar-refractivity contribution is -0.138. The van der Waals surface area contributed by atoms with Gasteiger partial charge in [-0.25, -0.2) is 4.79 Å². The van der Waals surface area contributed by atoms with Crippen LogP contribution in [0.25, 0.3) is 0 Å². The number of hydrogen-bond donors (Lipinski definition) is 3. The van der Waals surface area contributed by atoms with Crippen molar-refractivity contribution in [3.8, 4) is 6.07 Å². The van der Waals surface area contributed by atoms with E-state index in [0.29, 0.717) is 6.07 Å². The molecule has 0 aliphatic rings. The van der Waals surface area contributed by atoms with Crippen molar-refractivity contribution in [1.82, 2.24) is 9.78 Å². The van der Waals surface area contributed by atoms with Gasteiger partial charge in [0, 0.05) is 11.9 Å². The van der Waals surface area contributed by atoms with Crippen LogP contribution in [-0.2, 0) is 22.3 Å². The number of methoxy groups -OCH3 is 1. The van der Waals surface area contributed by atoms with Gasteiger partial charge in [-0.1, -0.05) is 0 Å². The van der Waals surface area contributed by atoms with Crippen LogP contribution in [0.3, 0.4) is 0 Å². The van der Waals surface area contributed by atoms with Crippen LogP contribution in [0, 0.1) is 11.3 Å². The van der Waals surface area contributed by atoms with Crippen LogP contribution in [-0.4, -0.2) is 39.6 Å². The van der Waals surface area contributed by atoms with Gasteiger partial charge in [-0.05, 0) is 25.1 Å². The van der Waals surface area contributed by atoms with Crippen LogP contribution in [0.15, 0.2) is 30.6 Å². The summed E-state index contributed by atoms with van der Waals surface area (Å²) in [6, 6.07) is 4.08. The number of aromatic nitrogens is 2. The van der Waals surface area contributed by atoms with E-state index in [1.165, 1.54) is 25.6 Å². The van der Waals surface area contributed by atoms with Gasteiger partial charge in [-0.2, -0.15) is 23.5 Å². The first kappa shape index (κ1) is 21.7. The number of rotatable bonds is 5. The van der Waals surface area contributed by atoms with Crippen LogP contribution in [0.1, 0.15) is 18.1 Å². The summed E-state index contributed by atoms with van der Waals surface area (Å²) >= 11 is 0. The molecule has 2 rings (SSSR count). The zero-order valence-electron chi connectivity index (χ0n) is 15.2. The van der Waals surface area contributed by atoms with Crippen LogP contribution < -0.4 is 10.6 Å². The minimum Gasteiger partial charge on any atom is -0.453 e. The molecule has 0 radical (unpaired) electrons. The van der Waals surface area contributed by atoms with Crippen LogP contribution in [0.4, 0.5) is 29.3 Å². The number of aliphatic hydroxyl groups is 1. The Morgan fingerprint density at radius 2 is 2.00 bits per heavy atom. The number of amides is 2. The number of nitrogens with one attached hydrogen (secondary N) is 2. The molecule has 2 amide bonds. The van der Waals surface area contributed by atoms with Crippen molar-refractivity contribution < 1.29 is 32.6 Å². The summed E-state index contributed by atoms with van der Waals surface area (Å²) in [4.78, 5) is 23.5. The Morgan fingerprint density at radius 3 is 2.59 bits per heavy atom. The maximum absolute atomic E-state index is 13.0. The Kier molecular flexibility index (Phi) is 6.13. The van der Waals surface area contributed by atoms with Crippen molar-refractivity contribution in [2.24, 2.45) is 0 Å². The Hall–Kier alpha value is -3.59. The van der Waals surface area contributed by atoms with Gasteiger partial charge in [0.05, 0.1) is 42.7 Å². The van der Waals surface area contributed by atoms with E-state index in [9.17, 15) is 27.9 Å². The zero-order valence-corrected chi connectivity index (χ0v) is 15.2. The fourth-order valence-electron chi connectivity index (χ4n) is 2.29. The van der Waals surface area contributed by atoms with E-state index in [1.54, 1.807) is 0 Å². The maximum Gasteiger partial charge on any atom is 0.417 e. The maximum atomic E-state index is 13.0. The van der Waals surface area contributed by atoms with Crippen molar-refractivity contribution in [1.29, 1.82) is 5.26 Å². The molecule has 12 heteroatoms. The van der Waals surface area contributed by atoms with Gasteiger partial charge in [-0.3, -0.25) is 14.8 Å². The molecule has 1 unspecified atom stereocenters. The number of alkyl halides is 3. The van der Waals surface area contributed by atoms with Gasteiger partial charge in [0.15, 0.2) is 5.60 Å². The Morgan fingerprint density at radius 1 is 1.31 bits per heavy atom. The molecule has 154 valence electrons. The van der Waals surface area contributed by atoms with E-state index in [0.717, 1.165) is 23.7 Å². The van der Waals surface area contributed by atoms with Gasteiger partial charge in [0.25, 0.3) is 5.91 Å². The molecule has 2 aromatic rings. The predicted molar refractivity (Wildman–Crippen MR) is 93.7 cm³/mol. The molecular weight excluding hydrogens is 395 g/mol. The van der Waals surface area contributed by atoms with E-state index >= 15 is 0 Å². The van der Waals surface area contributed by atoms with Crippen molar-refractivity contribution in [3.63, 3.8) is 0 Å². The molecule has 0 fully saturated rings. The predicted octanol–water partition coefficient (Wildman–Crippen LogP) is 2.34. The van der Waals surface area contributed by atoms with Gasteiger partial charge in [0.1, 0.15) is 0 Å². The van der Waals surface area contributed by atoms with Crippen molar-refractivity contribution >= 4 is 23.4 Å². The first-order valence-corrected chi connectivity index (χ1v) is 7.99. The summed E-state index contributed by atoms with van der Waals surface area (Å²) in [7, 11) is 1.17. The Labute approximate surface area is 162 Å². The fourth-order valence-corrected chi connectivity index (χ4v) is 2.29. The summed E-state index contributed by atoms with van der Waals surface area (Å²) in [6.45, 7) is 0.788. The number of nitriles is 1. The van der Waals surface area contributed by atoms with Crippen LogP contribution in [0.5, 0.6) is 0 Å². The SMILES string of the molecule is COC(=O)Nc1cnn(CC(C)(O)C(=O)Nc2ccc(C#N)c(C(F)(F)F)c2)c1. The minimum absolute atomic E-state index is 0.241. The van der Waals surface area contributed by atoms with Crippen molar-refractivity contribution in [2.75, 3.05) is 17.7 Å². The third-order valence-electron chi connectivity index (χ3n) is 3.73. The number of halogens is 3. The molecule has 3 N–H and O–H groups in total. The minimum atomic E-state index is -4.79. The molecule has 1 aromatic carbocycles. The molecule has 0 saturated heterocycles. The first-order chi connectivity index (χ1) is 13.5. The van der Waals surface area contributed by atoms with Crippen molar-refractivity contribution in [3.05, 3.63) is 41.7 Å². The van der Waals surface area contributed by atoms with Gasteiger partial charge in [-0.15, -0.1) is 0 Å². The summed E-state index contributed by atoms with van der Waals surface area (Å²) < 4.78 is 44.7. The average molecular weight is 411 g/mol. The monoisotopic (exact) mass is 411 g/mol. The molecule has 29 heavy (non-hydrogen) atoms. The molecule has 1 atom stereocenters. The number of ether oxygens (including phenoxy) is 1. The Bertz CT molecular complexity index is 963. The number of carbonyl (C=O) groups excluding carboxylic acids is 2. The highest BCUT2D eigenvalue weighted by atomic mass is 19.4. The van der Waals surface area contributed by atoms with Crippen molar-refractivity contribution in [2.45, 2.75) is 25.2 Å². The standard InChI is InChI=1S/C17H16F3N5O4/c1-16(28,9-25-8-12(7-22-25)24-15(27)29-2)14(26)23-11-4-3-10(6-21)13(5-11)17(18,19)20/h3-5,7-8,28H,9H2,1-2H3,(H,23,26)(H,24,27). The van der Waals surface area contributed by atoms with Crippen LogP contribution >= 0.6 is 0 Å².